The molecule has 0 saturated heterocycles. The minimum absolute atomic E-state index is 0. The molecule has 2 heteroatoms. The first kappa shape index (κ1) is 16.5. The van der Waals surface area contributed by atoms with E-state index in [1.165, 1.54) is 12.5 Å². The van der Waals surface area contributed by atoms with Gasteiger partial charge in [0.2, 0.25) is 0 Å². The molecule has 0 aromatic carbocycles. The zero-order valence-corrected chi connectivity index (χ0v) is 10.5. The van der Waals surface area contributed by atoms with Gasteiger partial charge in [-0.25, -0.2) is 18.9 Å². The van der Waals surface area contributed by atoms with Gasteiger partial charge < -0.3 is 25.4 Å². The molecule has 0 aliphatic rings. The molecule has 11 heavy (non-hydrogen) atoms. The van der Waals surface area contributed by atoms with E-state index in [2.05, 4.69) is 20.8 Å². The standard InChI is InChI=1S/C8H15O.CH3.Cm/c1-4-8(5-6-9)7(2)3;;/h6,8-9H,1,4-5H2,2-3H3;1H3;/q-3;-1;. The zero-order valence-electron chi connectivity index (χ0n) is 7.58. The third-order valence-electron chi connectivity index (χ3n) is 1.55. The molecule has 0 aliphatic carbocycles. The maximum Gasteiger partial charge on any atom is 0 e. The summed E-state index contributed by atoms with van der Waals surface area (Å²) < 4.78 is 0. The predicted octanol–water partition coefficient (Wildman–Crippen LogP) is 2.82. The molecule has 0 fully saturated rings. The fourth-order valence-corrected chi connectivity index (χ4v) is 0.769. The number of rotatable bonds is 4. The van der Waals surface area contributed by atoms with E-state index in [9.17, 15) is 0 Å². The molecular weight excluding hydrogens is 371 g/mol. The summed E-state index contributed by atoms with van der Waals surface area (Å²) in [6, 6.07) is 0. The maximum absolute atomic E-state index is 8.45. The molecule has 0 amide bonds. The molecule has 72 valence electrons. The third kappa shape index (κ3) is 6.85. The molecule has 1 unspecified atom stereocenters. The first-order valence-electron chi connectivity index (χ1n) is 3.27. The summed E-state index contributed by atoms with van der Waals surface area (Å²) in [4.78, 5) is 0. The summed E-state index contributed by atoms with van der Waals surface area (Å²) in [7, 11) is 0. The quantitative estimate of drug-likeness (QED) is 0.734. The minimum Gasteiger partial charge on any atom is -0.566 e. The zero-order chi connectivity index (χ0) is 7.28. The summed E-state index contributed by atoms with van der Waals surface area (Å²) in [6.07, 6.45) is 1.62. The molecule has 0 spiro atoms. The molecule has 0 rings (SSSR count). The topological polar surface area (TPSA) is 20.2 Å². The van der Waals surface area contributed by atoms with E-state index in [4.69, 9.17) is 5.11 Å². The monoisotopic (exact) mass is 385 g/mol. The Labute approximate surface area is 65.5 Å². The number of aliphatic hydroxyl groups excluding tert-OH is 1. The summed E-state index contributed by atoms with van der Waals surface area (Å²) in [5.41, 5.74) is 0. The van der Waals surface area contributed by atoms with Crippen LogP contribution < -0.4 is 0 Å². The molecule has 0 heterocycles. The summed E-state index contributed by atoms with van der Waals surface area (Å²) in [5, 5.41) is 8.45. The Morgan fingerprint density at radius 3 is 2.09 bits per heavy atom. The number of hydrogen-bond donors (Lipinski definition) is 1. The summed E-state index contributed by atoms with van der Waals surface area (Å²) >= 11 is 0. The molecule has 0 saturated carbocycles. The van der Waals surface area contributed by atoms with Gasteiger partial charge >= 0.3 is 0 Å². The van der Waals surface area contributed by atoms with Crippen molar-refractivity contribution in [1.82, 2.24) is 0 Å². The van der Waals surface area contributed by atoms with Crippen LogP contribution >= 0.6 is 0 Å². The van der Waals surface area contributed by atoms with Gasteiger partial charge in [-0.3, -0.25) is 0 Å². The third-order valence-corrected chi connectivity index (χ3v) is 1.55. The van der Waals surface area contributed by atoms with Crippen LogP contribution in [0.25, 0.3) is 0 Å². The van der Waals surface area contributed by atoms with Crippen LogP contribution in [0.1, 0.15) is 26.7 Å². The van der Waals surface area contributed by atoms with E-state index in [1.54, 1.807) is 0 Å². The molecule has 1 atom stereocenters. The van der Waals surface area contributed by atoms with Crippen LogP contribution in [0.3, 0.4) is 0 Å². The Kier molecular flexibility index (Phi) is 13.4. The van der Waals surface area contributed by atoms with Gasteiger partial charge in [-0.05, 0) is 0 Å². The van der Waals surface area contributed by atoms with Gasteiger partial charge in [0.15, 0.2) is 0 Å². The van der Waals surface area contributed by atoms with Gasteiger partial charge in [0.05, 0.1) is 0 Å². The Hall–Kier alpha value is -1.04. The Morgan fingerprint density at radius 1 is 1.55 bits per heavy atom. The van der Waals surface area contributed by atoms with E-state index in [1.807, 2.05) is 0 Å². The van der Waals surface area contributed by atoms with Crippen molar-refractivity contribution < 1.29 is 5.11 Å². The average Bonchev–Trinajstić information content (AvgIpc) is 1.82. The van der Waals surface area contributed by atoms with Crippen molar-refractivity contribution in [2.24, 2.45) is 5.92 Å². The first-order chi connectivity index (χ1) is 4.22. The van der Waals surface area contributed by atoms with Crippen LogP contribution in [0.15, 0.2) is 0 Å². The maximum atomic E-state index is 8.45. The van der Waals surface area contributed by atoms with Gasteiger partial charge in [-0.15, -0.1) is 0 Å². The normalized spacial score (nSPS) is 11.7. The largest absolute Gasteiger partial charge is 0.566 e. The van der Waals surface area contributed by atoms with E-state index in [-0.39, 0.29) is 7.43 Å². The van der Waals surface area contributed by atoms with Crippen molar-refractivity contribution in [3.63, 3.8) is 0 Å². The number of hydrogen-bond acceptors (Lipinski definition) is 1. The minimum atomic E-state index is 0. The van der Waals surface area contributed by atoms with Crippen LogP contribution in [0.5, 0.6) is 0 Å². The van der Waals surface area contributed by atoms with Crippen molar-refractivity contribution in [1.29, 1.82) is 0 Å². The molecule has 0 aliphatic heterocycles. The molecule has 0 radical (unpaired) electrons. The SMILES string of the molecule is [CH2-]CC(C[CH-]O)[C-](C)C.[CH3-].[Cm]. The molecule has 0 aromatic heterocycles. The molecular formula is C9H18CmO-4. The molecule has 1 nitrogen and oxygen atoms in total. The van der Waals surface area contributed by atoms with Gasteiger partial charge in [0.1, 0.15) is 0 Å². The van der Waals surface area contributed by atoms with E-state index in [0.717, 1.165) is 12.8 Å². The first-order valence-corrected chi connectivity index (χ1v) is 3.27. The average molecular weight is 389 g/mol. The van der Waals surface area contributed by atoms with E-state index in [0.29, 0.717) is 5.92 Å². The Morgan fingerprint density at radius 2 is 2.00 bits per heavy atom. The summed E-state index contributed by atoms with van der Waals surface area (Å²) in [6.45, 7) is 9.12. The molecule has 0 aromatic rings. The van der Waals surface area contributed by atoms with Gasteiger partial charge in [-0.2, -0.15) is 20.3 Å². The predicted molar refractivity (Wildman–Crippen MR) is 45.3 cm³/mol. The van der Waals surface area contributed by atoms with Crippen molar-refractivity contribution in [2.75, 3.05) is 0 Å². The van der Waals surface area contributed by atoms with Crippen LogP contribution in [-0.2, 0) is 0 Å². The Balaban J connectivity index is -0.000000320. The van der Waals surface area contributed by atoms with E-state index >= 15 is 0 Å². The van der Waals surface area contributed by atoms with Crippen molar-refractivity contribution in [2.45, 2.75) is 26.7 Å². The molecule has 0 bridgehead atoms. The van der Waals surface area contributed by atoms with Crippen LogP contribution in [0.2, 0.25) is 0 Å². The van der Waals surface area contributed by atoms with Gasteiger partial charge in [-0.1, -0.05) is 0 Å². The van der Waals surface area contributed by atoms with Crippen molar-refractivity contribution in [3.8, 4) is 0 Å². The van der Waals surface area contributed by atoms with Crippen LogP contribution in [-0.4, -0.2) is 5.11 Å². The smallest absolute Gasteiger partial charge is 0 e. The number of aliphatic hydroxyl groups is 1. The van der Waals surface area contributed by atoms with E-state index < -0.39 is 0 Å². The summed E-state index contributed by atoms with van der Waals surface area (Å²) in [5.74, 6) is 1.81. The van der Waals surface area contributed by atoms with Crippen molar-refractivity contribution >= 4 is 0 Å². The fourth-order valence-electron chi connectivity index (χ4n) is 0.769. The van der Waals surface area contributed by atoms with Crippen molar-refractivity contribution in [3.05, 3.63) is 26.9 Å². The second-order valence-electron chi connectivity index (χ2n) is 2.48. The Bertz CT molecular complexity index is 64.6. The second-order valence-corrected chi connectivity index (χ2v) is 2.48. The fraction of sp³-hybridized carbons (Fsp3) is 0.556. The van der Waals surface area contributed by atoms with Crippen LogP contribution in [0, 0.1) is 32.8 Å². The van der Waals surface area contributed by atoms with Gasteiger partial charge in [0, 0.05) is 0 Å². The van der Waals surface area contributed by atoms with Gasteiger partial charge in [0.25, 0.3) is 0 Å². The van der Waals surface area contributed by atoms with Crippen LogP contribution in [0.4, 0.5) is 0 Å². The molecule has 1 N–H and O–H groups in total. The second kappa shape index (κ2) is 8.96.